The van der Waals surface area contributed by atoms with Crippen LogP contribution in [0.15, 0.2) is 192 Å². The van der Waals surface area contributed by atoms with Crippen LogP contribution in [-0.2, 0) is 27.1 Å². The highest BCUT2D eigenvalue weighted by atomic mass is 16.3. The van der Waals surface area contributed by atoms with Crippen LogP contribution in [0, 0.1) is 0 Å². The molecule has 3 aliphatic heterocycles. The summed E-state index contributed by atoms with van der Waals surface area (Å²) in [5.74, 6) is 0. The van der Waals surface area contributed by atoms with Crippen LogP contribution < -0.4 is 36.0 Å². The molecular weight excluding hydrogens is 1020 g/mol. The lowest BCUT2D eigenvalue weighted by molar-refractivity contribution is 0.195. The van der Waals surface area contributed by atoms with E-state index < -0.39 is 0 Å². The fraction of sp³-hybridized carbons (Fsp3) is 0.308. The molecule has 1 aromatic heterocycles. The third-order valence-electron chi connectivity index (χ3n) is 20.0. The number of benzene rings is 9. The number of para-hydroxylation sites is 2. The summed E-state index contributed by atoms with van der Waals surface area (Å²) in [5.41, 5.74) is 25.3. The first-order chi connectivity index (χ1) is 39.9. The molecular formula is C78H81BN4O. The van der Waals surface area contributed by atoms with Crippen LogP contribution in [0.5, 0.6) is 0 Å². The van der Waals surface area contributed by atoms with Crippen LogP contribution in [0.3, 0.4) is 0 Å². The van der Waals surface area contributed by atoms with Crippen LogP contribution in [0.2, 0.25) is 0 Å². The summed E-state index contributed by atoms with van der Waals surface area (Å²) >= 11 is 0. The highest BCUT2D eigenvalue weighted by molar-refractivity contribution is 7.00. The summed E-state index contributed by atoms with van der Waals surface area (Å²) in [6.45, 7) is 32.8. The van der Waals surface area contributed by atoms with Gasteiger partial charge in [-0.1, -0.05) is 194 Å². The Bertz CT molecular complexity index is 4110. The Morgan fingerprint density at radius 1 is 0.417 bits per heavy atom. The van der Waals surface area contributed by atoms with Gasteiger partial charge < -0.3 is 24.0 Å². The Morgan fingerprint density at radius 3 is 1.44 bits per heavy atom. The number of nitrogens with zero attached hydrogens (tertiary/aromatic N) is 4. The van der Waals surface area contributed by atoms with Gasteiger partial charge in [0, 0.05) is 73.1 Å². The second-order valence-electron chi connectivity index (χ2n) is 29.4. The van der Waals surface area contributed by atoms with E-state index in [1.165, 1.54) is 74.1 Å². The fourth-order valence-corrected chi connectivity index (χ4v) is 15.0. The molecule has 9 aromatic carbocycles. The van der Waals surface area contributed by atoms with E-state index in [0.717, 1.165) is 80.3 Å². The molecule has 1 aliphatic carbocycles. The maximum absolute atomic E-state index is 6.62. The molecule has 14 rings (SSSR count). The molecule has 2 atom stereocenters. The minimum absolute atomic E-state index is 0.00115. The van der Waals surface area contributed by atoms with Crippen molar-refractivity contribution in [2.45, 2.75) is 155 Å². The van der Waals surface area contributed by atoms with Gasteiger partial charge >= 0.3 is 0 Å². The number of hydrogen-bond donors (Lipinski definition) is 0. The summed E-state index contributed by atoms with van der Waals surface area (Å²) in [6.07, 6.45) is 4.70. The summed E-state index contributed by atoms with van der Waals surface area (Å²) < 4.78 is 6.62. The quantitative estimate of drug-likeness (QED) is 0.148. The van der Waals surface area contributed by atoms with E-state index in [1.54, 1.807) is 0 Å². The number of rotatable bonds is 7. The van der Waals surface area contributed by atoms with Crippen molar-refractivity contribution >= 4 is 108 Å². The van der Waals surface area contributed by atoms with Crippen molar-refractivity contribution in [1.82, 2.24) is 0 Å². The van der Waals surface area contributed by atoms with Gasteiger partial charge in [0.25, 0.3) is 6.71 Å². The normalized spacial score (nSPS) is 18.2. The zero-order chi connectivity index (χ0) is 58.6. The zero-order valence-electron chi connectivity index (χ0n) is 52.0. The number of anilines is 11. The van der Waals surface area contributed by atoms with Crippen molar-refractivity contribution in [3.8, 4) is 0 Å². The predicted octanol–water partition coefficient (Wildman–Crippen LogP) is 20.1. The maximum atomic E-state index is 6.62. The largest absolute Gasteiger partial charge is 0.456 e. The lowest BCUT2D eigenvalue weighted by atomic mass is 9.33. The molecule has 0 radical (unpaired) electrons. The molecule has 0 amide bonds. The Labute approximate surface area is 500 Å². The molecule has 1 saturated carbocycles. The molecule has 0 saturated heterocycles. The van der Waals surface area contributed by atoms with E-state index in [1.807, 2.05) is 0 Å². The first-order valence-corrected chi connectivity index (χ1v) is 30.9. The maximum Gasteiger partial charge on any atom is 0.252 e. The highest BCUT2D eigenvalue weighted by Crippen LogP contribution is 2.62. The standard InChI is InChI=1S/C78H81BN4O/c1-73(2,3)50-24-32-54(33-25-50)80(55-34-26-51(27-35-55)74(4,5)6)59-40-42-64-66(47-59)82(58-41-43-70-62(46-58)61-20-15-16-23-69(61)84-70)67-48-60(81(56-36-28-52(29-37-56)75(7,8)9)57-38-30-53(31-39-57)76(10,11)12)49-68-71(67)79(64)65-22-19-21-63-72(65)83(68)78(14)45-18-17-44-77(63,78)13/h15-16,19-43,46-49H,17-18,44-45H2,1-14H3. The van der Waals surface area contributed by atoms with Crippen molar-refractivity contribution in [1.29, 1.82) is 0 Å². The SMILES string of the molecule is CC(C)(C)c1ccc(N(c2ccc(C(C)(C)C)cc2)c2ccc3c(c2)N(c2ccc4oc5ccccc5c4c2)c2cc(N(c4ccc(C(C)(C)C)cc4)c4ccc(C(C)(C)C)cc4)cc4c2B3c2cccc3c2N4C2(C)CCCCC32C)cc1. The molecule has 6 heteroatoms. The highest BCUT2D eigenvalue weighted by Gasteiger charge is 2.61. The van der Waals surface area contributed by atoms with Crippen LogP contribution in [-0.4, -0.2) is 12.3 Å². The average molecular weight is 1100 g/mol. The Kier molecular flexibility index (Phi) is 12.1. The molecule has 422 valence electrons. The molecule has 0 spiro atoms. The number of hydrogen-bond acceptors (Lipinski definition) is 5. The van der Waals surface area contributed by atoms with E-state index in [9.17, 15) is 0 Å². The van der Waals surface area contributed by atoms with Crippen molar-refractivity contribution in [3.05, 3.63) is 216 Å². The summed E-state index contributed by atoms with van der Waals surface area (Å²) in [4.78, 5) is 10.5. The number of furan rings is 1. The molecule has 4 aliphatic rings. The predicted molar refractivity (Wildman–Crippen MR) is 360 cm³/mol. The van der Waals surface area contributed by atoms with Crippen LogP contribution >= 0.6 is 0 Å². The van der Waals surface area contributed by atoms with E-state index in [-0.39, 0.29) is 39.3 Å². The van der Waals surface area contributed by atoms with Gasteiger partial charge in [-0.3, -0.25) is 0 Å². The first-order valence-electron chi connectivity index (χ1n) is 30.9. The zero-order valence-corrected chi connectivity index (χ0v) is 52.0. The molecule has 5 nitrogen and oxygen atoms in total. The van der Waals surface area contributed by atoms with Crippen molar-refractivity contribution in [2.24, 2.45) is 0 Å². The molecule has 10 aromatic rings. The first kappa shape index (κ1) is 54.0. The Morgan fingerprint density at radius 2 is 0.893 bits per heavy atom. The average Bonchev–Trinajstić information content (AvgIpc) is 1.46. The molecule has 0 N–H and O–H groups in total. The van der Waals surface area contributed by atoms with Gasteiger partial charge in [0.05, 0.1) is 11.2 Å². The van der Waals surface area contributed by atoms with Gasteiger partial charge in [-0.05, 0) is 183 Å². The van der Waals surface area contributed by atoms with Gasteiger partial charge in [0.1, 0.15) is 11.2 Å². The molecule has 2 unspecified atom stereocenters. The lowest BCUT2D eigenvalue weighted by Crippen LogP contribution is -2.64. The topological polar surface area (TPSA) is 26.1 Å². The minimum Gasteiger partial charge on any atom is -0.456 e. The van der Waals surface area contributed by atoms with Gasteiger partial charge in [-0.15, -0.1) is 0 Å². The molecule has 84 heavy (non-hydrogen) atoms. The van der Waals surface area contributed by atoms with Gasteiger partial charge in [-0.2, -0.15) is 0 Å². The van der Waals surface area contributed by atoms with Crippen molar-refractivity contribution < 1.29 is 4.42 Å². The molecule has 4 heterocycles. The van der Waals surface area contributed by atoms with Gasteiger partial charge in [0.2, 0.25) is 0 Å². The third kappa shape index (κ3) is 8.39. The second kappa shape index (κ2) is 18.8. The summed E-state index contributed by atoms with van der Waals surface area (Å²) in [5, 5.41) is 2.22. The summed E-state index contributed by atoms with van der Waals surface area (Å²) in [6, 6.07) is 72.6. The van der Waals surface area contributed by atoms with Crippen LogP contribution in [0.4, 0.5) is 62.6 Å². The molecule has 0 bridgehead atoms. The third-order valence-corrected chi connectivity index (χ3v) is 20.0. The van der Waals surface area contributed by atoms with E-state index in [0.29, 0.717) is 0 Å². The second-order valence-corrected chi connectivity index (χ2v) is 29.4. The van der Waals surface area contributed by atoms with Crippen molar-refractivity contribution in [3.63, 3.8) is 0 Å². The fourth-order valence-electron chi connectivity index (χ4n) is 15.0. The van der Waals surface area contributed by atoms with E-state index in [4.69, 9.17) is 4.42 Å². The van der Waals surface area contributed by atoms with Gasteiger partial charge in [0.15, 0.2) is 0 Å². The lowest BCUT2D eigenvalue weighted by Gasteiger charge is -2.53. The Balaban J connectivity index is 1.08. The summed E-state index contributed by atoms with van der Waals surface area (Å²) in [7, 11) is 0. The van der Waals surface area contributed by atoms with Gasteiger partial charge in [-0.25, -0.2) is 0 Å². The Hall–Kier alpha value is -7.96. The monoisotopic (exact) mass is 1100 g/mol. The van der Waals surface area contributed by atoms with E-state index in [2.05, 4.69) is 305 Å². The molecule has 1 fully saturated rings. The van der Waals surface area contributed by atoms with Crippen LogP contribution in [0.1, 0.15) is 150 Å². The smallest absolute Gasteiger partial charge is 0.252 e. The van der Waals surface area contributed by atoms with Crippen LogP contribution in [0.25, 0.3) is 21.9 Å². The minimum atomic E-state index is -0.163. The number of fused-ring (bicyclic) bond motifs is 10. The van der Waals surface area contributed by atoms with E-state index >= 15 is 0 Å². The van der Waals surface area contributed by atoms with Crippen molar-refractivity contribution in [2.75, 3.05) is 19.6 Å².